The van der Waals surface area contributed by atoms with Gasteiger partial charge in [0.2, 0.25) is 0 Å². The summed E-state index contributed by atoms with van der Waals surface area (Å²) in [5.41, 5.74) is 1.86. The summed E-state index contributed by atoms with van der Waals surface area (Å²) < 4.78 is 7.31. The number of carbonyl (C=O) groups excluding carboxylic acids is 1. The fourth-order valence-corrected chi connectivity index (χ4v) is 2.34. The first-order valence-corrected chi connectivity index (χ1v) is 6.19. The van der Waals surface area contributed by atoms with Gasteiger partial charge in [0, 0.05) is 5.56 Å². The highest BCUT2D eigenvalue weighted by atomic mass is 16.6. The van der Waals surface area contributed by atoms with E-state index in [4.69, 9.17) is 4.74 Å². The fraction of sp³-hybridized carbons (Fsp3) is 0.125. The summed E-state index contributed by atoms with van der Waals surface area (Å²) in [7, 11) is 1.88. The number of hydrogen-bond donors (Lipinski definition) is 0. The lowest BCUT2D eigenvalue weighted by molar-refractivity contribution is -0.524. The quantitative estimate of drug-likeness (QED) is 0.606. The van der Waals surface area contributed by atoms with Gasteiger partial charge in [-0.2, -0.15) is 4.58 Å². The van der Waals surface area contributed by atoms with Crippen molar-refractivity contribution >= 4 is 11.9 Å². The van der Waals surface area contributed by atoms with Crippen LogP contribution in [0.1, 0.15) is 17.2 Å². The molecule has 94 valence electrons. The second-order valence-corrected chi connectivity index (χ2v) is 4.52. The molecule has 1 atom stereocenters. The van der Waals surface area contributed by atoms with Crippen molar-refractivity contribution in [3.05, 3.63) is 71.8 Å². The zero-order chi connectivity index (χ0) is 13.2. The Morgan fingerprint density at radius 3 is 2.16 bits per heavy atom. The number of ether oxygens (including phenoxy) is 1. The first kappa shape index (κ1) is 11.7. The van der Waals surface area contributed by atoms with Crippen LogP contribution in [0.3, 0.4) is 0 Å². The van der Waals surface area contributed by atoms with Gasteiger partial charge in [-0.3, -0.25) is 0 Å². The van der Waals surface area contributed by atoms with Crippen LogP contribution in [0.25, 0.3) is 0 Å². The summed E-state index contributed by atoms with van der Waals surface area (Å²) >= 11 is 0. The predicted octanol–water partition coefficient (Wildman–Crippen LogP) is 2.37. The molecule has 0 spiro atoms. The molecule has 0 saturated heterocycles. The fourth-order valence-electron chi connectivity index (χ4n) is 2.34. The van der Waals surface area contributed by atoms with Crippen LogP contribution in [-0.4, -0.2) is 23.5 Å². The number of cyclic esters (lactones) is 1. The molecule has 0 aromatic heterocycles. The van der Waals surface area contributed by atoms with Crippen molar-refractivity contribution in [1.29, 1.82) is 0 Å². The average Bonchev–Trinajstić information content (AvgIpc) is 2.76. The standard InChI is InChI=1S/C16H14NO2/c1-17-14(12-8-4-2-5-9-12)16(18)19-15(17)13-10-6-3-7-11-13/h2-11,14H,1H3/q+1. The Hall–Kier alpha value is -2.42. The first-order valence-electron chi connectivity index (χ1n) is 6.19. The summed E-state index contributed by atoms with van der Waals surface area (Å²) in [6.45, 7) is 0. The lowest BCUT2D eigenvalue weighted by atomic mass is 10.1. The van der Waals surface area contributed by atoms with E-state index in [0.29, 0.717) is 5.90 Å². The molecule has 3 nitrogen and oxygen atoms in total. The van der Waals surface area contributed by atoms with E-state index in [-0.39, 0.29) is 12.0 Å². The smallest absolute Gasteiger partial charge is 0.365 e. The van der Waals surface area contributed by atoms with Gasteiger partial charge in [-0.05, 0) is 12.1 Å². The van der Waals surface area contributed by atoms with Gasteiger partial charge in [0.15, 0.2) is 0 Å². The molecule has 0 radical (unpaired) electrons. The van der Waals surface area contributed by atoms with Crippen LogP contribution in [0.2, 0.25) is 0 Å². The molecule has 0 amide bonds. The van der Waals surface area contributed by atoms with Gasteiger partial charge in [-0.25, -0.2) is 4.79 Å². The van der Waals surface area contributed by atoms with Crippen LogP contribution >= 0.6 is 0 Å². The number of esters is 1. The molecule has 3 rings (SSSR count). The van der Waals surface area contributed by atoms with E-state index < -0.39 is 0 Å². The van der Waals surface area contributed by atoms with Crippen LogP contribution in [0.15, 0.2) is 60.7 Å². The number of carbonyl (C=O) groups is 1. The van der Waals surface area contributed by atoms with Crippen molar-refractivity contribution in [2.24, 2.45) is 0 Å². The van der Waals surface area contributed by atoms with Gasteiger partial charge < -0.3 is 4.74 Å². The molecule has 1 aliphatic heterocycles. The molecular formula is C16H14NO2+. The van der Waals surface area contributed by atoms with Gasteiger partial charge in [-0.1, -0.05) is 48.5 Å². The molecule has 19 heavy (non-hydrogen) atoms. The normalized spacial score (nSPS) is 18.6. The Bertz CT molecular complexity index is 632. The predicted molar refractivity (Wildman–Crippen MR) is 72.0 cm³/mol. The molecule has 1 unspecified atom stereocenters. The molecule has 1 aliphatic rings. The largest absolute Gasteiger partial charge is 0.390 e. The Labute approximate surface area is 111 Å². The number of nitrogens with zero attached hydrogens (tertiary/aromatic N) is 1. The van der Waals surface area contributed by atoms with Crippen molar-refractivity contribution in [3.63, 3.8) is 0 Å². The zero-order valence-corrected chi connectivity index (χ0v) is 10.6. The molecule has 0 bridgehead atoms. The maximum Gasteiger partial charge on any atom is 0.390 e. The Balaban J connectivity index is 2.04. The number of benzene rings is 2. The zero-order valence-electron chi connectivity index (χ0n) is 10.6. The minimum Gasteiger partial charge on any atom is -0.365 e. The monoisotopic (exact) mass is 252 g/mol. The Morgan fingerprint density at radius 1 is 0.947 bits per heavy atom. The van der Waals surface area contributed by atoms with Crippen LogP contribution < -0.4 is 0 Å². The molecule has 2 aromatic rings. The number of likely N-dealkylation sites (N-methyl/N-ethyl adjacent to an activating group) is 1. The van der Waals surface area contributed by atoms with Gasteiger partial charge in [0.1, 0.15) is 7.05 Å². The molecule has 3 heteroatoms. The second kappa shape index (κ2) is 4.69. The Kier molecular flexibility index (Phi) is 2.88. The minimum atomic E-state index is -0.364. The van der Waals surface area contributed by atoms with Crippen molar-refractivity contribution in [2.45, 2.75) is 6.04 Å². The molecule has 0 saturated carbocycles. The van der Waals surface area contributed by atoms with E-state index in [1.807, 2.05) is 72.3 Å². The van der Waals surface area contributed by atoms with Crippen LogP contribution in [0.5, 0.6) is 0 Å². The molecule has 0 aliphatic carbocycles. The molecular weight excluding hydrogens is 238 g/mol. The van der Waals surface area contributed by atoms with Crippen LogP contribution in [0.4, 0.5) is 0 Å². The topological polar surface area (TPSA) is 29.3 Å². The number of rotatable bonds is 2. The van der Waals surface area contributed by atoms with E-state index in [1.165, 1.54) is 0 Å². The summed E-state index contributed by atoms with van der Waals surface area (Å²) in [6, 6.07) is 19.0. The van der Waals surface area contributed by atoms with Crippen molar-refractivity contribution in [1.82, 2.24) is 0 Å². The molecule has 2 aromatic carbocycles. The minimum absolute atomic E-state index is 0.229. The summed E-state index contributed by atoms with van der Waals surface area (Å²) in [5, 5.41) is 0. The maximum atomic E-state index is 12.1. The summed E-state index contributed by atoms with van der Waals surface area (Å²) in [5.74, 6) is 0.381. The van der Waals surface area contributed by atoms with Gasteiger partial charge in [-0.15, -0.1) is 0 Å². The highest BCUT2D eigenvalue weighted by molar-refractivity contribution is 6.01. The third kappa shape index (κ3) is 2.03. The van der Waals surface area contributed by atoms with E-state index in [0.717, 1.165) is 11.1 Å². The average molecular weight is 252 g/mol. The van der Waals surface area contributed by atoms with Crippen molar-refractivity contribution in [2.75, 3.05) is 7.05 Å². The van der Waals surface area contributed by atoms with Gasteiger partial charge >= 0.3 is 11.9 Å². The lowest BCUT2D eigenvalue weighted by Crippen LogP contribution is -2.17. The third-order valence-corrected chi connectivity index (χ3v) is 3.26. The maximum absolute atomic E-state index is 12.1. The van der Waals surface area contributed by atoms with Crippen molar-refractivity contribution in [3.8, 4) is 0 Å². The highest BCUT2D eigenvalue weighted by Gasteiger charge is 2.42. The van der Waals surface area contributed by atoms with Crippen LogP contribution in [-0.2, 0) is 9.53 Å². The van der Waals surface area contributed by atoms with Crippen molar-refractivity contribution < 1.29 is 14.1 Å². The highest BCUT2D eigenvalue weighted by Crippen LogP contribution is 2.24. The Morgan fingerprint density at radius 2 is 1.53 bits per heavy atom. The SMILES string of the molecule is C[N+]1=C(c2ccccc2)OC(=O)C1c1ccccc1. The van der Waals surface area contributed by atoms with E-state index in [1.54, 1.807) is 0 Å². The summed E-state index contributed by atoms with van der Waals surface area (Å²) in [4.78, 5) is 12.1. The molecule has 0 N–H and O–H groups in total. The number of hydrogen-bond acceptors (Lipinski definition) is 2. The summed E-state index contributed by atoms with van der Waals surface area (Å²) in [6.07, 6.45) is 0. The van der Waals surface area contributed by atoms with E-state index in [2.05, 4.69) is 0 Å². The lowest BCUT2D eigenvalue weighted by Gasteiger charge is -2.02. The van der Waals surface area contributed by atoms with Gasteiger partial charge in [0.05, 0.1) is 5.56 Å². The third-order valence-electron chi connectivity index (χ3n) is 3.26. The first-order chi connectivity index (χ1) is 9.27. The van der Waals surface area contributed by atoms with Crippen LogP contribution in [0, 0.1) is 0 Å². The van der Waals surface area contributed by atoms with E-state index >= 15 is 0 Å². The second-order valence-electron chi connectivity index (χ2n) is 4.52. The van der Waals surface area contributed by atoms with E-state index in [9.17, 15) is 4.79 Å². The van der Waals surface area contributed by atoms with Gasteiger partial charge in [0.25, 0.3) is 6.04 Å². The molecule has 0 fully saturated rings. The molecule has 1 heterocycles.